The lowest BCUT2D eigenvalue weighted by Gasteiger charge is -2.25. The van der Waals surface area contributed by atoms with Crippen LogP contribution in [0.5, 0.6) is 23.0 Å². The Labute approximate surface area is 210 Å². The SMILES string of the molecule is CNC(=O)N(/C=C\C=O)C1CC(O)C(COP(Oc2ccc(OC)cc2)Oc2ccc(OC)cc2)O1. The molecule has 2 aromatic carbocycles. The van der Waals surface area contributed by atoms with Gasteiger partial charge < -0.3 is 33.7 Å². The molecule has 3 unspecified atom stereocenters. The minimum absolute atomic E-state index is 0.0747. The van der Waals surface area contributed by atoms with Crippen LogP contribution in [0.25, 0.3) is 0 Å². The smallest absolute Gasteiger partial charge is 0.463 e. The maximum Gasteiger partial charge on any atom is 0.463 e. The molecule has 0 radical (unpaired) electrons. The molecule has 36 heavy (non-hydrogen) atoms. The molecule has 1 fully saturated rings. The van der Waals surface area contributed by atoms with Crippen LogP contribution in [0, 0.1) is 0 Å². The minimum atomic E-state index is -1.96. The molecule has 3 atom stereocenters. The lowest BCUT2D eigenvalue weighted by Crippen LogP contribution is -2.41. The number of aldehydes is 1. The maximum atomic E-state index is 12.2. The zero-order valence-corrected chi connectivity index (χ0v) is 21.0. The summed E-state index contributed by atoms with van der Waals surface area (Å²) in [5.41, 5.74) is 0. The predicted molar refractivity (Wildman–Crippen MR) is 131 cm³/mol. The molecule has 12 heteroatoms. The van der Waals surface area contributed by atoms with Crippen molar-refractivity contribution in [2.24, 2.45) is 0 Å². The van der Waals surface area contributed by atoms with E-state index in [1.807, 2.05) is 0 Å². The normalized spacial score (nSPS) is 19.2. The van der Waals surface area contributed by atoms with Crippen LogP contribution < -0.4 is 23.8 Å². The largest absolute Gasteiger partial charge is 0.497 e. The average molecular weight is 520 g/mol. The van der Waals surface area contributed by atoms with Crippen molar-refractivity contribution in [1.82, 2.24) is 10.2 Å². The van der Waals surface area contributed by atoms with Crippen LogP contribution >= 0.6 is 8.60 Å². The Balaban J connectivity index is 1.68. The highest BCUT2D eigenvalue weighted by atomic mass is 31.2. The number of carbonyl (C=O) groups excluding carboxylic acids is 2. The van der Waals surface area contributed by atoms with Crippen molar-refractivity contribution in [3.05, 3.63) is 60.8 Å². The highest BCUT2D eigenvalue weighted by Crippen LogP contribution is 2.43. The number of hydrogen-bond donors (Lipinski definition) is 2. The number of aliphatic hydroxyl groups excluding tert-OH is 1. The second-order valence-corrected chi connectivity index (χ2v) is 8.50. The quantitative estimate of drug-likeness (QED) is 0.247. The van der Waals surface area contributed by atoms with Gasteiger partial charge in [-0.25, -0.2) is 4.79 Å². The van der Waals surface area contributed by atoms with E-state index in [1.165, 1.54) is 24.2 Å². The molecule has 1 heterocycles. The third-order valence-corrected chi connectivity index (χ3v) is 6.19. The van der Waals surface area contributed by atoms with Gasteiger partial charge in [-0.2, -0.15) is 0 Å². The molecular weight excluding hydrogens is 491 g/mol. The van der Waals surface area contributed by atoms with Gasteiger partial charge in [-0.05, 0) is 54.6 Å². The molecule has 1 aliphatic rings. The van der Waals surface area contributed by atoms with Crippen molar-refractivity contribution in [1.29, 1.82) is 0 Å². The van der Waals surface area contributed by atoms with Crippen molar-refractivity contribution in [3.8, 4) is 23.0 Å². The summed E-state index contributed by atoms with van der Waals surface area (Å²) in [6.45, 7) is -0.0747. The van der Waals surface area contributed by atoms with Crippen LogP contribution in [0.15, 0.2) is 60.8 Å². The van der Waals surface area contributed by atoms with Crippen LogP contribution in [0.1, 0.15) is 6.42 Å². The molecule has 1 saturated heterocycles. The number of aliphatic hydroxyl groups is 1. The van der Waals surface area contributed by atoms with Crippen LogP contribution in [0.3, 0.4) is 0 Å². The van der Waals surface area contributed by atoms with Crippen molar-refractivity contribution in [2.45, 2.75) is 24.9 Å². The summed E-state index contributed by atoms with van der Waals surface area (Å²) in [6.07, 6.45) is 0.643. The number of carbonyl (C=O) groups is 2. The van der Waals surface area contributed by atoms with Crippen molar-refractivity contribution in [2.75, 3.05) is 27.9 Å². The highest BCUT2D eigenvalue weighted by molar-refractivity contribution is 7.42. The van der Waals surface area contributed by atoms with E-state index in [9.17, 15) is 14.7 Å². The van der Waals surface area contributed by atoms with Crippen LogP contribution in [-0.2, 0) is 14.1 Å². The third-order valence-electron chi connectivity index (χ3n) is 5.11. The van der Waals surface area contributed by atoms with E-state index in [0.717, 1.165) is 0 Å². The van der Waals surface area contributed by atoms with E-state index < -0.39 is 33.1 Å². The van der Waals surface area contributed by atoms with E-state index in [1.54, 1.807) is 62.8 Å². The number of urea groups is 1. The van der Waals surface area contributed by atoms with E-state index in [4.69, 9.17) is 27.8 Å². The Morgan fingerprint density at radius 2 is 1.58 bits per heavy atom. The van der Waals surface area contributed by atoms with Crippen molar-refractivity contribution < 1.29 is 42.5 Å². The number of ether oxygens (including phenoxy) is 3. The summed E-state index contributed by atoms with van der Waals surface area (Å²) in [4.78, 5) is 24.1. The maximum absolute atomic E-state index is 12.2. The lowest BCUT2D eigenvalue weighted by molar-refractivity contribution is -0.104. The molecule has 2 N–H and O–H groups in total. The number of amides is 2. The first-order valence-electron chi connectivity index (χ1n) is 11.0. The number of allylic oxidation sites excluding steroid dienone is 1. The number of benzene rings is 2. The Morgan fingerprint density at radius 1 is 1.06 bits per heavy atom. The first-order chi connectivity index (χ1) is 17.5. The van der Waals surface area contributed by atoms with Crippen LogP contribution in [0.4, 0.5) is 4.79 Å². The average Bonchev–Trinajstić information content (AvgIpc) is 3.27. The molecule has 0 saturated carbocycles. The topological polar surface area (TPSA) is 125 Å². The Morgan fingerprint density at radius 3 is 2.06 bits per heavy atom. The summed E-state index contributed by atoms with van der Waals surface area (Å²) >= 11 is 0. The predicted octanol–water partition coefficient (Wildman–Crippen LogP) is 3.24. The summed E-state index contributed by atoms with van der Waals surface area (Å²) in [6, 6.07) is 13.3. The zero-order chi connectivity index (χ0) is 25.9. The number of hydrogen-bond acceptors (Lipinski definition) is 9. The summed E-state index contributed by atoms with van der Waals surface area (Å²) in [5, 5.41) is 13.0. The molecule has 0 bridgehead atoms. The first-order valence-corrected chi connectivity index (χ1v) is 12.1. The lowest BCUT2D eigenvalue weighted by atomic mass is 10.2. The Bertz CT molecular complexity index is 954. The van der Waals surface area contributed by atoms with Gasteiger partial charge in [0.1, 0.15) is 41.6 Å². The Kier molecular flexibility index (Phi) is 10.3. The molecule has 11 nitrogen and oxygen atoms in total. The van der Waals surface area contributed by atoms with E-state index in [2.05, 4.69) is 5.32 Å². The van der Waals surface area contributed by atoms with Gasteiger partial charge in [-0.3, -0.25) is 14.2 Å². The summed E-state index contributed by atoms with van der Waals surface area (Å²) in [7, 11) is 2.63. The van der Waals surface area contributed by atoms with Crippen molar-refractivity contribution in [3.63, 3.8) is 0 Å². The molecule has 0 spiro atoms. The first kappa shape index (κ1) is 27.2. The van der Waals surface area contributed by atoms with Gasteiger partial charge in [0.2, 0.25) is 0 Å². The summed E-state index contributed by atoms with van der Waals surface area (Å²) < 4.78 is 33.9. The molecule has 0 aromatic heterocycles. The third kappa shape index (κ3) is 7.56. The molecule has 0 aliphatic carbocycles. The van der Waals surface area contributed by atoms with Gasteiger partial charge in [-0.1, -0.05) is 0 Å². The second kappa shape index (κ2) is 13.6. The van der Waals surface area contributed by atoms with Gasteiger partial charge in [0.15, 0.2) is 0 Å². The van der Waals surface area contributed by atoms with Crippen LogP contribution in [-0.4, -0.2) is 68.6 Å². The molecule has 2 amide bonds. The molecule has 3 rings (SSSR count). The van der Waals surface area contributed by atoms with E-state index in [-0.39, 0.29) is 13.0 Å². The van der Waals surface area contributed by atoms with Gasteiger partial charge in [0, 0.05) is 19.7 Å². The number of rotatable bonds is 12. The monoisotopic (exact) mass is 520 g/mol. The van der Waals surface area contributed by atoms with Gasteiger partial charge in [0.25, 0.3) is 0 Å². The second-order valence-electron chi connectivity index (χ2n) is 7.43. The fourth-order valence-corrected chi connectivity index (χ4v) is 4.24. The number of nitrogens with zero attached hydrogens (tertiary/aromatic N) is 1. The highest BCUT2D eigenvalue weighted by Gasteiger charge is 2.39. The molecule has 2 aromatic rings. The number of methoxy groups -OCH3 is 2. The van der Waals surface area contributed by atoms with Crippen molar-refractivity contribution >= 4 is 20.9 Å². The molecular formula is C24H29N2O9P. The van der Waals surface area contributed by atoms with Gasteiger partial charge in [-0.15, -0.1) is 0 Å². The standard InChI is InChI=1S/C24H29N2O9P/c1-25-24(29)26(13-4-14-27)23-15-21(28)22(33-23)16-32-36(34-19-9-5-17(30-2)6-10-19)35-20-11-7-18(31-3)8-12-20/h4-14,21-23,28H,15-16H2,1-3H3,(H,25,29)/b13-4-. The van der Waals surface area contributed by atoms with E-state index >= 15 is 0 Å². The fraction of sp³-hybridized carbons (Fsp3) is 0.333. The van der Waals surface area contributed by atoms with Crippen LogP contribution in [0.2, 0.25) is 0 Å². The van der Waals surface area contributed by atoms with Gasteiger partial charge in [0.05, 0.1) is 26.9 Å². The van der Waals surface area contributed by atoms with E-state index in [0.29, 0.717) is 29.3 Å². The summed E-state index contributed by atoms with van der Waals surface area (Å²) in [5.74, 6) is 2.32. The molecule has 1 aliphatic heterocycles. The molecule has 194 valence electrons. The number of nitrogens with one attached hydrogen (secondary N) is 1. The Hall–Kier alpha value is -3.37. The zero-order valence-electron chi connectivity index (χ0n) is 20.1. The fourth-order valence-electron chi connectivity index (χ4n) is 3.24. The minimum Gasteiger partial charge on any atom is -0.497 e. The van der Waals surface area contributed by atoms with Gasteiger partial charge >= 0.3 is 14.6 Å².